The van der Waals surface area contributed by atoms with Gasteiger partial charge in [0.05, 0.1) is 22.3 Å². The lowest BCUT2D eigenvalue weighted by Crippen LogP contribution is -2.36. The van der Waals surface area contributed by atoms with E-state index in [4.69, 9.17) is 21.6 Å². The number of halogens is 1. The third-order valence-corrected chi connectivity index (χ3v) is 3.50. The van der Waals surface area contributed by atoms with E-state index in [-0.39, 0.29) is 0 Å². The smallest absolute Gasteiger partial charge is 0.0992 e. The highest BCUT2D eigenvalue weighted by Gasteiger charge is 2.20. The van der Waals surface area contributed by atoms with Gasteiger partial charge in [-0.2, -0.15) is 5.26 Å². The Morgan fingerprint density at radius 2 is 2.12 bits per heavy atom. The number of hydrogen-bond acceptors (Lipinski definition) is 3. The van der Waals surface area contributed by atoms with Crippen LogP contribution in [0.5, 0.6) is 0 Å². The number of anilines is 1. The van der Waals surface area contributed by atoms with Gasteiger partial charge in [-0.3, -0.25) is 0 Å². The summed E-state index contributed by atoms with van der Waals surface area (Å²) in [7, 11) is 2.04. The summed E-state index contributed by atoms with van der Waals surface area (Å²) in [6.45, 7) is 1.62. The molecule has 1 aliphatic rings. The lowest BCUT2D eigenvalue weighted by Gasteiger charge is -2.33. The molecule has 90 valence electrons. The third-order valence-electron chi connectivity index (χ3n) is 3.20. The Bertz CT molecular complexity index is 436. The second-order valence-corrected chi connectivity index (χ2v) is 4.64. The second-order valence-electron chi connectivity index (χ2n) is 4.23. The molecule has 0 atom stereocenters. The highest BCUT2D eigenvalue weighted by atomic mass is 35.5. The highest BCUT2D eigenvalue weighted by molar-refractivity contribution is 6.33. The average molecular weight is 251 g/mol. The maximum Gasteiger partial charge on any atom is 0.0992 e. The van der Waals surface area contributed by atoms with E-state index in [0.29, 0.717) is 16.6 Å². The van der Waals surface area contributed by atoms with Crippen molar-refractivity contribution in [3.8, 4) is 6.07 Å². The summed E-state index contributed by atoms with van der Waals surface area (Å²) in [6.07, 6.45) is 2.04. The second kappa shape index (κ2) is 5.39. The maximum atomic E-state index is 8.80. The van der Waals surface area contributed by atoms with Crippen molar-refractivity contribution in [2.75, 3.05) is 25.2 Å². The third kappa shape index (κ3) is 2.71. The molecule has 1 heterocycles. The van der Waals surface area contributed by atoms with Crippen LogP contribution in [0.3, 0.4) is 0 Å². The van der Waals surface area contributed by atoms with Crippen molar-refractivity contribution in [2.24, 2.45) is 0 Å². The first kappa shape index (κ1) is 12.2. The molecule has 0 amide bonds. The Morgan fingerprint density at radius 1 is 1.41 bits per heavy atom. The predicted octanol–water partition coefficient (Wildman–Crippen LogP) is 2.83. The molecule has 0 bridgehead atoms. The minimum atomic E-state index is 0.467. The van der Waals surface area contributed by atoms with Crippen LogP contribution in [0.2, 0.25) is 5.02 Å². The van der Waals surface area contributed by atoms with Gasteiger partial charge in [0, 0.05) is 26.3 Å². The van der Waals surface area contributed by atoms with Crippen LogP contribution in [-0.4, -0.2) is 26.3 Å². The van der Waals surface area contributed by atoms with Crippen LogP contribution in [0, 0.1) is 11.3 Å². The number of nitriles is 1. The van der Waals surface area contributed by atoms with Crippen molar-refractivity contribution >= 4 is 17.3 Å². The molecule has 17 heavy (non-hydrogen) atoms. The fourth-order valence-electron chi connectivity index (χ4n) is 2.13. The van der Waals surface area contributed by atoms with E-state index >= 15 is 0 Å². The summed E-state index contributed by atoms with van der Waals surface area (Å²) in [4.78, 5) is 2.19. The van der Waals surface area contributed by atoms with Gasteiger partial charge in [-0.1, -0.05) is 11.6 Å². The standard InChI is InChI=1S/C13H15ClN2O/c1-16(11-4-6-17-7-5-11)13-3-2-10(9-15)8-12(13)14/h2-3,8,11H,4-7H2,1H3. The molecule has 0 saturated carbocycles. The van der Waals surface area contributed by atoms with Crippen molar-refractivity contribution in [3.63, 3.8) is 0 Å². The van der Waals surface area contributed by atoms with Crippen LogP contribution in [-0.2, 0) is 4.74 Å². The van der Waals surface area contributed by atoms with Gasteiger partial charge in [0.15, 0.2) is 0 Å². The monoisotopic (exact) mass is 250 g/mol. The Hall–Kier alpha value is -1.24. The summed E-state index contributed by atoms with van der Waals surface area (Å²) >= 11 is 6.20. The van der Waals surface area contributed by atoms with E-state index in [0.717, 1.165) is 31.7 Å². The molecule has 0 N–H and O–H groups in total. The summed E-state index contributed by atoms with van der Waals surface area (Å²) in [6, 6.07) is 7.99. The van der Waals surface area contributed by atoms with Gasteiger partial charge >= 0.3 is 0 Å². The van der Waals surface area contributed by atoms with E-state index in [1.807, 2.05) is 13.1 Å². The van der Waals surface area contributed by atoms with Crippen LogP contribution in [0.4, 0.5) is 5.69 Å². The van der Waals surface area contributed by atoms with E-state index in [1.54, 1.807) is 12.1 Å². The van der Waals surface area contributed by atoms with Crippen LogP contribution in [0.1, 0.15) is 18.4 Å². The number of hydrogen-bond donors (Lipinski definition) is 0. The fourth-order valence-corrected chi connectivity index (χ4v) is 2.45. The SMILES string of the molecule is CN(c1ccc(C#N)cc1Cl)C1CCOCC1. The van der Waals surface area contributed by atoms with Crippen molar-refractivity contribution < 1.29 is 4.74 Å². The zero-order valence-corrected chi connectivity index (χ0v) is 10.6. The van der Waals surface area contributed by atoms with Gasteiger partial charge < -0.3 is 9.64 Å². The summed E-state index contributed by atoms with van der Waals surface area (Å²) < 4.78 is 5.35. The van der Waals surface area contributed by atoms with Crippen LogP contribution < -0.4 is 4.90 Å². The minimum Gasteiger partial charge on any atom is -0.381 e. The van der Waals surface area contributed by atoms with Crippen molar-refractivity contribution in [3.05, 3.63) is 28.8 Å². The Morgan fingerprint density at radius 3 is 2.71 bits per heavy atom. The normalized spacial score (nSPS) is 16.5. The lowest BCUT2D eigenvalue weighted by atomic mass is 10.1. The van der Waals surface area contributed by atoms with E-state index in [1.165, 1.54) is 0 Å². The Balaban J connectivity index is 2.18. The molecule has 1 aromatic rings. The molecule has 3 nitrogen and oxygen atoms in total. The number of ether oxygens (including phenoxy) is 1. The Labute approximate surface area is 107 Å². The fraction of sp³-hybridized carbons (Fsp3) is 0.462. The van der Waals surface area contributed by atoms with E-state index < -0.39 is 0 Å². The van der Waals surface area contributed by atoms with Crippen LogP contribution in [0.15, 0.2) is 18.2 Å². The first-order valence-corrected chi connectivity index (χ1v) is 6.10. The Kier molecular flexibility index (Phi) is 3.88. The number of nitrogens with zero attached hydrogens (tertiary/aromatic N) is 2. The number of rotatable bonds is 2. The van der Waals surface area contributed by atoms with Gasteiger partial charge in [-0.25, -0.2) is 0 Å². The topological polar surface area (TPSA) is 36.3 Å². The maximum absolute atomic E-state index is 8.80. The molecule has 0 radical (unpaired) electrons. The first-order valence-electron chi connectivity index (χ1n) is 5.72. The van der Waals surface area contributed by atoms with Crippen molar-refractivity contribution in [1.82, 2.24) is 0 Å². The molecular formula is C13H15ClN2O. The van der Waals surface area contributed by atoms with Gasteiger partial charge in [-0.05, 0) is 31.0 Å². The largest absolute Gasteiger partial charge is 0.381 e. The van der Waals surface area contributed by atoms with Gasteiger partial charge in [-0.15, -0.1) is 0 Å². The summed E-state index contributed by atoms with van der Waals surface area (Å²) in [5.41, 5.74) is 1.58. The van der Waals surface area contributed by atoms with Crippen molar-refractivity contribution in [1.29, 1.82) is 5.26 Å². The molecule has 0 spiro atoms. The van der Waals surface area contributed by atoms with E-state index in [9.17, 15) is 0 Å². The zero-order valence-electron chi connectivity index (χ0n) is 9.82. The summed E-state index contributed by atoms with van der Waals surface area (Å²) in [5, 5.41) is 9.44. The molecule has 1 aromatic carbocycles. The first-order chi connectivity index (χ1) is 8.22. The molecule has 0 unspecified atom stereocenters. The van der Waals surface area contributed by atoms with E-state index in [2.05, 4.69) is 11.0 Å². The number of benzene rings is 1. The van der Waals surface area contributed by atoms with Crippen LogP contribution >= 0.6 is 11.6 Å². The quantitative estimate of drug-likeness (QED) is 0.810. The van der Waals surface area contributed by atoms with Gasteiger partial charge in [0.2, 0.25) is 0 Å². The molecular weight excluding hydrogens is 236 g/mol. The molecule has 2 rings (SSSR count). The van der Waals surface area contributed by atoms with Crippen LogP contribution in [0.25, 0.3) is 0 Å². The average Bonchev–Trinajstić information content (AvgIpc) is 2.39. The molecule has 1 aliphatic heterocycles. The van der Waals surface area contributed by atoms with Gasteiger partial charge in [0.25, 0.3) is 0 Å². The molecule has 1 fully saturated rings. The van der Waals surface area contributed by atoms with Gasteiger partial charge in [0.1, 0.15) is 0 Å². The highest BCUT2D eigenvalue weighted by Crippen LogP contribution is 2.29. The molecule has 4 heteroatoms. The lowest BCUT2D eigenvalue weighted by molar-refractivity contribution is 0.0855. The molecule has 1 saturated heterocycles. The predicted molar refractivity (Wildman–Crippen MR) is 68.4 cm³/mol. The molecule has 0 aliphatic carbocycles. The minimum absolute atomic E-state index is 0.467. The molecule has 0 aromatic heterocycles. The zero-order chi connectivity index (χ0) is 12.3. The summed E-state index contributed by atoms with van der Waals surface area (Å²) in [5.74, 6) is 0. The van der Waals surface area contributed by atoms with Crippen molar-refractivity contribution in [2.45, 2.75) is 18.9 Å².